The van der Waals surface area contributed by atoms with Crippen molar-refractivity contribution in [2.75, 3.05) is 16.8 Å². The molecule has 0 aliphatic heterocycles. The van der Waals surface area contributed by atoms with Crippen LogP contribution >= 0.6 is 27.7 Å². The minimum Gasteiger partial charge on any atom is -0.325 e. The van der Waals surface area contributed by atoms with Crippen molar-refractivity contribution in [3.63, 3.8) is 0 Å². The largest absolute Gasteiger partial charge is 0.325 e. The van der Waals surface area contributed by atoms with Crippen molar-refractivity contribution in [2.45, 2.75) is 13.3 Å². The molecule has 3 N–H and O–H groups in total. The van der Waals surface area contributed by atoms with Crippen molar-refractivity contribution in [1.82, 2.24) is 10.9 Å². The summed E-state index contributed by atoms with van der Waals surface area (Å²) in [5, 5.41) is 2.75. The van der Waals surface area contributed by atoms with E-state index in [4.69, 9.17) is 0 Å². The molecular formula is C19H20BrN3O3S. The predicted molar refractivity (Wildman–Crippen MR) is 112 cm³/mol. The standard InChI is InChI=1S/C19H20BrN3O3S/c1-2-13-6-8-14(9-7-13)19(26)23-22-18(25)12-27-11-17(24)21-16-5-3-4-15(20)10-16/h3-10H,2,11-12H2,1H3,(H,21,24)(H,22,25)(H,23,26). The second-order valence-electron chi connectivity index (χ2n) is 5.60. The molecule has 2 aromatic carbocycles. The molecule has 2 rings (SSSR count). The van der Waals surface area contributed by atoms with Crippen LogP contribution in [0.15, 0.2) is 53.0 Å². The van der Waals surface area contributed by atoms with E-state index < -0.39 is 0 Å². The van der Waals surface area contributed by atoms with Gasteiger partial charge in [0, 0.05) is 15.7 Å². The van der Waals surface area contributed by atoms with Crippen molar-refractivity contribution in [1.29, 1.82) is 0 Å². The van der Waals surface area contributed by atoms with Gasteiger partial charge in [-0.25, -0.2) is 0 Å². The number of aryl methyl sites for hydroxylation is 1. The second-order valence-corrected chi connectivity index (χ2v) is 7.51. The minimum atomic E-state index is -0.386. The zero-order valence-electron chi connectivity index (χ0n) is 14.8. The molecule has 0 saturated carbocycles. The molecule has 0 unspecified atom stereocenters. The number of hydrogen-bond acceptors (Lipinski definition) is 4. The number of hydrogen-bond donors (Lipinski definition) is 3. The fourth-order valence-corrected chi connectivity index (χ4v) is 3.14. The molecule has 0 radical (unpaired) electrons. The molecule has 0 aliphatic carbocycles. The van der Waals surface area contributed by atoms with E-state index in [0.29, 0.717) is 11.3 Å². The van der Waals surface area contributed by atoms with Gasteiger partial charge in [0.25, 0.3) is 5.91 Å². The predicted octanol–water partition coefficient (Wildman–Crippen LogP) is 3.14. The Morgan fingerprint density at radius 3 is 2.33 bits per heavy atom. The van der Waals surface area contributed by atoms with Crippen LogP contribution < -0.4 is 16.2 Å². The topological polar surface area (TPSA) is 87.3 Å². The Morgan fingerprint density at radius 1 is 0.963 bits per heavy atom. The Bertz CT molecular complexity index is 812. The molecule has 0 atom stereocenters. The summed E-state index contributed by atoms with van der Waals surface area (Å²) in [6, 6.07) is 14.4. The van der Waals surface area contributed by atoms with E-state index in [1.165, 1.54) is 0 Å². The molecule has 8 heteroatoms. The molecular weight excluding hydrogens is 430 g/mol. The summed E-state index contributed by atoms with van der Waals surface area (Å²) in [6.45, 7) is 2.03. The minimum absolute atomic E-state index is 0.0565. The highest BCUT2D eigenvalue weighted by Crippen LogP contribution is 2.15. The molecule has 0 saturated heterocycles. The van der Waals surface area contributed by atoms with Crippen LogP contribution in [-0.4, -0.2) is 29.2 Å². The lowest BCUT2D eigenvalue weighted by atomic mass is 10.1. The van der Waals surface area contributed by atoms with E-state index in [-0.39, 0.29) is 29.2 Å². The lowest BCUT2D eigenvalue weighted by molar-refractivity contribution is -0.119. The number of thioether (sulfide) groups is 1. The van der Waals surface area contributed by atoms with Crippen LogP contribution in [0.2, 0.25) is 0 Å². The number of carbonyl (C=O) groups is 3. The third-order valence-electron chi connectivity index (χ3n) is 3.51. The van der Waals surface area contributed by atoms with E-state index in [1.807, 2.05) is 31.2 Å². The number of hydrazine groups is 1. The zero-order valence-corrected chi connectivity index (χ0v) is 17.2. The molecule has 27 heavy (non-hydrogen) atoms. The zero-order chi connectivity index (χ0) is 19.6. The van der Waals surface area contributed by atoms with Gasteiger partial charge in [-0.2, -0.15) is 0 Å². The SMILES string of the molecule is CCc1ccc(C(=O)NNC(=O)CSCC(=O)Nc2cccc(Br)c2)cc1. The van der Waals surface area contributed by atoms with E-state index in [9.17, 15) is 14.4 Å². The Kier molecular flexibility index (Phi) is 8.35. The fourth-order valence-electron chi connectivity index (χ4n) is 2.13. The van der Waals surface area contributed by atoms with Gasteiger partial charge in [0.2, 0.25) is 11.8 Å². The maximum absolute atomic E-state index is 12.0. The summed E-state index contributed by atoms with van der Waals surface area (Å²) in [7, 11) is 0. The lowest BCUT2D eigenvalue weighted by Crippen LogP contribution is -2.42. The summed E-state index contributed by atoms with van der Waals surface area (Å²) in [6.07, 6.45) is 0.894. The smallest absolute Gasteiger partial charge is 0.269 e. The van der Waals surface area contributed by atoms with Crippen LogP contribution in [0.5, 0.6) is 0 Å². The van der Waals surface area contributed by atoms with E-state index in [0.717, 1.165) is 28.2 Å². The van der Waals surface area contributed by atoms with Crippen molar-refractivity contribution < 1.29 is 14.4 Å². The molecule has 3 amide bonds. The number of nitrogens with one attached hydrogen (secondary N) is 3. The maximum Gasteiger partial charge on any atom is 0.269 e. The van der Waals surface area contributed by atoms with Crippen LogP contribution in [0.4, 0.5) is 5.69 Å². The van der Waals surface area contributed by atoms with Gasteiger partial charge in [-0.05, 0) is 42.3 Å². The van der Waals surface area contributed by atoms with Crippen molar-refractivity contribution >= 4 is 51.1 Å². The molecule has 6 nitrogen and oxygen atoms in total. The normalized spacial score (nSPS) is 10.1. The Morgan fingerprint density at radius 2 is 1.67 bits per heavy atom. The molecule has 0 bridgehead atoms. The first-order valence-electron chi connectivity index (χ1n) is 8.29. The molecule has 142 valence electrons. The van der Waals surface area contributed by atoms with Gasteiger partial charge in [0.15, 0.2) is 0 Å². The average molecular weight is 450 g/mol. The lowest BCUT2D eigenvalue weighted by Gasteiger charge is -2.08. The van der Waals surface area contributed by atoms with Gasteiger partial charge in [0.1, 0.15) is 0 Å². The highest BCUT2D eigenvalue weighted by atomic mass is 79.9. The van der Waals surface area contributed by atoms with Gasteiger partial charge in [-0.1, -0.05) is 41.1 Å². The number of halogens is 1. The third kappa shape index (κ3) is 7.44. The molecule has 0 aliphatic rings. The van der Waals surface area contributed by atoms with E-state index >= 15 is 0 Å². The molecule has 0 spiro atoms. The van der Waals surface area contributed by atoms with Gasteiger partial charge in [-0.15, -0.1) is 11.8 Å². The Hall–Kier alpha value is -2.32. The number of carbonyl (C=O) groups excluding carboxylic acids is 3. The van der Waals surface area contributed by atoms with Gasteiger partial charge < -0.3 is 5.32 Å². The summed E-state index contributed by atoms with van der Waals surface area (Å²) in [5.74, 6) is -0.782. The highest BCUT2D eigenvalue weighted by Gasteiger charge is 2.09. The maximum atomic E-state index is 12.0. The third-order valence-corrected chi connectivity index (χ3v) is 4.94. The second kappa shape index (κ2) is 10.7. The van der Waals surface area contributed by atoms with Crippen LogP contribution in [0.25, 0.3) is 0 Å². The highest BCUT2D eigenvalue weighted by molar-refractivity contribution is 9.10. The van der Waals surface area contributed by atoms with E-state index in [2.05, 4.69) is 32.1 Å². The van der Waals surface area contributed by atoms with Gasteiger partial charge >= 0.3 is 0 Å². The first kappa shape index (κ1) is 21.0. The van der Waals surface area contributed by atoms with Gasteiger partial charge in [0.05, 0.1) is 11.5 Å². The van der Waals surface area contributed by atoms with E-state index in [1.54, 1.807) is 24.3 Å². The molecule has 0 fully saturated rings. The number of amides is 3. The average Bonchev–Trinajstić information content (AvgIpc) is 2.66. The van der Waals surface area contributed by atoms with Crippen molar-refractivity contribution in [3.05, 3.63) is 64.1 Å². The van der Waals surface area contributed by atoms with Gasteiger partial charge in [-0.3, -0.25) is 25.2 Å². The summed E-state index contributed by atoms with van der Waals surface area (Å²) >= 11 is 4.49. The quantitative estimate of drug-likeness (QED) is 0.566. The number of benzene rings is 2. The van der Waals surface area contributed by atoms with Crippen LogP contribution in [0, 0.1) is 0 Å². The monoisotopic (exact) mass is 449 g/mol. The van der Waals surface area contributed by atoms with Crippen LogP contribution in [-0.2, 0) is 16.0 Å². The van der Waals surface area contributed by atoms with Crippen LogP contribution in [0.3, 0.4) is 0 Å². The van der Waals surface area contributed by atoms with Crippen molar-refractivity contribution in [2.24, 2.45) is 0 Å². The summed E-state index contributed by atoms with van der Waals surface area (Å²) in [5.41, 5.74) is 6.99. The summed E-state index contributed by atoms with van der Waals surface area (Å²) in [4.78, 5) is 35.6. The van der Waals surface area contributed by atoms with Crippen molar-refractivity contribution in [3.8, 4) is 0 Å². The molecule has 0 heterocycles. The Labute approximate surface area is 170 Å². The summed E-state index contributed by atoms with van der Waals surface area (Å²) < 4.78 is 0.868. The molecule has 2 aromatic rings. The van der Waals surface area contributed by atoms with Crippen LogP contribution in [0.1, 0.15) is 22.8 Å². The number of anilines is 1. The first-order valence-corrected chi connectivity index (χ1v) is 10.2. The first-order chi connectivity index (χ1) is 13.0. The molecule has 0 aromatic heterocycles. The fraction of sp³-hybridized carbons (Fsp3) is 0.211. The number of rotatable bonds is 7. The Balaban J connectivity index is 1.66.